The molecule has 1 aromatic carbocycles. The first-order chi connectivity index (χ1) is 11.3. The highest BCUT2D eigenvalue weighted by atomic mass is 32.2. The zero-order valence-electron chi connectivity index (χ0n) is 12.4. The number of rotatable bonds is 6. The largest absolute Gasteiger partial charge is 0.543 e. The van der Waals surface area contributed by atoms with Crippen LogP contribution in [0.1, 0.15) is 20.8 Å². The second kappa shape index (κ2) is 6.83. The van der Waals surface area contributed by atoms with Crippen LogP contribution in [0.15, 0.2) is 36.5 Å². The number of amides is 1. The minimum Gasteiger partial charge on any atom is -0.543 e. The van der Waals surface area contributed by atoms with Gasteiger partial charge in [-0.25, -0.2) is 9.11 Å². The highest BCUT2D eigenvalue weighted by Gasteiger charge is 2.18. The van der Waals surface area contributed by atoms with E-state index >= 15 is 0 Å². The van der Waals surface area contributed by atoms with Gasteiger partial charge in [-0.2, -0.15) is 8.42 Å². The number of carbonyl (C=O) groups excluding carboxylic acids is 2. The molecular weight excluding hydrogens is 336 g/mol. The molecule has 9 nitrogen and oxygen atoms in total. The van der Waals surface area contributed by atoms with Crippen LogP contribution in [-0.2, 0) is 10.2 Å². The molecule has 0 bridgehead atoms. The predicted octanol–water partition coefficient (Wildman–Crippen LogP) is -1.74. The number of nitrogens with zero attached hydrogens (tertiary/aromatic N) is 1. The summed E-state index contributed by atoms with van der Waals surface area (Å²) >= 11 is 0. The smallest absolute Gasteiger partial charge is 0.302 e. The summed E-state index contributed by atoms with van der Waals surface area (Å²) in [5.41, 5.74) is 5.57. The number of aromatic nitrogens is 1. The summed E-state index contributed by atoms with van der Waals surface area (Å²) in [6, 6.07) is 7.24. The van der Waals surface area contributed by atoms with Crippen molar-refractivity contribution in [2.75, 3.05) is 13.1 Å². The van der Waals surface area contributed by atoms with Crippen LogP contribution in [0.2, 0.25) is 0 Å². The van der Waals surface area contributed by atoms with Crippen molar-refractivity contribution in [3.05, 3.63) is 47.8 Å². The van der Waals surface area contributed by atoms with Crippen molar-refractivity contribution in [3.8, 4) is 11.1 Å². The number of carbonyl (C=O) groups is 2. The second-order valence-corrected chi connectivity index (χ2v) is 6.25. The first kappa shape index (κ1) is 17.7. The summed E-state index contributed by atoms with van der Waals surface area (Å²) in [7, 11) is -4.28. The maximum Gasteiger partial charge on any atom is 0.302 e. The molecule has 1 amide bonds. The normalized spacial score (nSPS) is 11.2. The molecule has 0 fully saturated rings. The second-order valence-electron chi connectivity index (χ2n) is 4.83. The van der Waals surface area contributed by atoms with E-state index in [0.717, 1.165) is 6.20 Å². The summed E-state index contributed by atoms with van der Waals surface area (Å²) in [6.07, 6.45) is 1.03. The number of aromatic carboxylic acids is 1. The Kier molecular flexibility index (Phi) is 5.02. The van der Waals surface area contributed by atoms with Gasteiger partial charge in [-0.1, -0.05) is 12.1 Å². The van der Waals surface area contributed by atoms with Crippen LogP contribution in [0.4, 0.5) is 0 Å². The molecule has 24 heavy (non-hydrogen) atoms. The Morgan fingerprint density at radius 1 is 1.17 bits per heavy atom. The fourth-order valence-corrected chi connectivity index (χ4v) is 2.81. The van der Waals surface area contributed by atoms with Crippen molar-refractivity contribution in [1.29, 1.82) is 0 Å². The monoisotopic (exact) mass is 351 g/mol. The molecule has 0 saturated heterocycles. The molecule has 1 heterocycles. The van der Waals surface area contributed by atoms with Crippen LogP contribution < -0.4 is 21.3 Å². The third-order valence-electron chi connectivity index (χ3n) is 3.21. The summed E-state index contributed by atoms with van der Waals surface area (Å²) in [5.74, 6) is -2.01. The van der Waals surface area contributed by atoms with Gasteiger partial charge in [0.15, 0.2) is 0 Å². The zero-order chi connectivity index (χ0) is 17.9. The Labute approximate surface area is 138 Å². The Hall–Kier alpha value is -2.69. The number of hydrogen-bond donors (Lipinski definition) is 3. The summed E-state index contributed by atoms with van der Waals surface area (Å²) in [4.78, 5) is 23.1. The predicted molar refractivity (Wildman–Crippen MR) is 84.1 cm³/mol. The SMILES string of the molecule is NCCNC(=O)c1ccc(-c2ccn(S(N)(=O)=O)c2C(=O)[O-])cc1. The standard InChI is InChI=1S/C14H16N4O5S/c15-6-7-17-13(19)10-3-1-9(2-4-10)11-5-8-18(24(16,22)23)12(11)14(20)21/h1-5,8H,6-7,15H2,(H,17,19)(H,20,21)(H2,16,22,23)/p-1. The molecule has 0 unspecified atom stereocenters. The Bertz CT molecular complexity index is 871. The highest BCUT2D eigenvalue weighted by Crippen LogP contribution is 2.25. The number of carboxylic acid groups (broad SMARTS) is 1. The Balaban J connectivity index is 2.41. The van der Waals surface area contributed by atoms with Crippen LogP contribution in [-0.4, -0.2) is 37.4 Å². The van der Waals surface area contributed by atoms with Gasteiger partial charge in [0.1, 0.15) is 0 Å². The molecule has 0 radical (unpaired) electrons. The minimum atomic E-state index is -4.28. The highest BCUT2D eigenvalue weighted by molar-refractivity contribution is 7.87. The molecule has 1 aromatic heterocycles. The average molecular weight is 351 g/mol. The molecule has 0 aliphatic carbocycles. The van der Waals surface area contributed by atoms with Gasteiger partial charge in [0.2, 0.25) is 0 Å². The van der Waals surface area contributed by atoms with Crippen LogP contribution in [0, 0.1) is 0 Å². The van der Waals surface area contributed by atoms with E-state index < -0.39 is 21.9 Å². The van der Waals surface area contributed by atoms with Crippen LogP contribution in [0.3, 0.4) is 0 Å². The molecule has 0 atom stereocenters. The van der Waals surface area contributed by atoms with Crippen molar-refractivity contribution in [3.63, 3.8) is 0 Å². The lowest BCUT2D eigenvalue weighted by molar-refractivity contribution is -0.255. The van der Waals surface area contributed by atoms with Crippen molar-refractivity contribution in [1.82, 2.24) is 9.29 Å². The Morgan fingerprint density at radius 2 is 1.79 bits per heavy atom. The topological polar surface area (TPSA) is 160 Å². The van der Waals surface area contributed by atoms with E-state index in [4.69, 9.17) is 10.9 Å². The fraction of sp³-hybridized carbons (Fsp3) is 0.143. The van der Waals surface area contributed by atoms with E-state index in [1.807, 2.05) is 0 Å². The van der Waals surface area contributed by atoms with Gasteiger partial charge in [-0.05, 0) is 23.8 Å². The number of nitrogens with one attached hydrogen (secondary N) is 1. The third kappa shape index (κ3) is 3.62. The van der Waals surface area contributed by atoms with E-state index in [0.29, 0.717) is 28.2 Å². The molecule has 0 aliphatic heterocycles. The molecule has 0 spiro atoms. The lowest BCUT2D eigenvalue weighted by atomic mass is 10.0. The maximum absolute atomic E-state index is 11.8. The molecule has 5 N–H and O–H groups in total. The van der Waals surface area contributed by atoms with E-state index in [1.54, 1.807) is 0 Å². The third-order valence-corrected chi connectivity index (χ3v) is 4.06. The summed E-state index contributed by atoms with van der Waals surface area (Å²) < 4.78 is 23.3. The molecule has 0 aliphatic rings. The summed E-state index contributed by atoms with van der Waals surface area (Å²) in [6.45, 7) is 0.631. The van der Waals surface area contributed by atoms with Gasteiger partial charge < -0.3 is 21.0 Å². The quantitative estimate of drug-likeness (QED) is 0.560. The molecule has 2 aromatic rings. The first-order valence-electron chi connectivity index (χ1n) is 6.80. The van der Waals surface area contributed by atoms with Crippen molar-refractivity contribution in [2.24, 2.45) is 10.9 Å². The number of nitrogens with two attached hydrogens (primary N) is 2. The average Bonchev–Trinajstić information content (AvgIpc) is 2.98. The van der Waals surface area contributed by atoms with Crippen LogP contribution in [0.5, 0.6) is 0 Å². The van der Waals surface area contributed by atoms with E-state index in [-0.39, 0.29) is 11.5 Å². The molecule has 10 heteroatoms. The number of carboxylic acids is 1. The molecule has 2 rings (SSSR count). The van der Waals surface area contributed by atoms with E-state index in [2.05, 4.69) is 5.32 Å². The minimum absolute atomic E-state index is 0.109. The van der Waals surface area contributed by atoms with E-state index in [1.165, 1.54) is 30.3 Å². The van der Waals surface area contributed by atoms with Crippen molar-refractivity contribution < 1.29 is 23.1 Å². The molecule has 0 saturated carbocycles. The van der Waals surface area contributed by atoms with Gasteiger partial charge in [0.25, 0.3) is 5.91 Å². The fourth-order valence-electron chi connectivity index (χ4n) is 2.15. The van der Waals surface area contributed by atoms with Gasteiger partial charge in [0, 0.05) is 30.4 Å². The zero-order valence-corrected chi connectivity index (χ0v) is 13.2. The van der Waals surface area contributed by atoms with Gasteiger partial charge in [0.05, 0.1) is 11.7 Å². The first-order valence-corrected chi connectivity index (χ1v) is 8.30. The van der Waals surface area contributed by atoms with Gasteiger partial charge >= 0.3 is 10.2 Å². The van der Waals surface area contributed by atoms with Gasteiger partial charge in [-0.15, -0.1) is 0 Å². The van der Waals surface area contributed by atoms with Crippen LogP contribution >= 0.6 is 0 Å². The Morgan fingerprint density at radius 3 is 2.29 bits per heavy atom. The maximum atomic E-state index is 11.8. The summed E-state index contributed by atoms with van der Waals surface area (Å²) in [5, 5.41) is 18.9. The lowest BCUT2D eigenvalue weighted by Gasteiger charge is -2.11. The molecule has 128 valence electrons. The molecular formula is C14H15N4O5S-. The van der Waals surface area contributed by atoms with E-state index in [9.17, 15) is 23.1 Å². The number of hydrogen-bond acceptors (Lipinski definition) is 6. The van der Waals surface area contributed by atoms with Crippen LogP contribution in [0.25, 0.3) is 11.1 Å². The van der Waals surface area contributed by atoms with Crippen molar-refractivity contribution in [2.45, 2.75) is 0 Å². The van der Waals surface area contributed by atoms with Crippen molar-refractivity contribution >= 4 is 22.1 Å². The lowest BCUT2D eigenvalue weighted by Crippen LogP contribution is -2.31. The van der Waals surface area contributed by atoms with Gasteiger partial charge in [-0.3, -0.25) is 4.79 Å². The number of benzene rings is 1.